The maximum atomic E-state index is 4.59. The highest BCUT2D eigenvalue weighted by molar-refractivity contribution is 9.10. The van der Waals surface area contributed by atoms with Crippen LogP contribution in [0.25, 0.3) is 0 Å². The van der Waals surface area contributed by atoms with Gasteiger partial charge >= 0.3 is 0 Å². The number of imidazole rings is 1. The Labute approximate surface area is 117 Å². The van der Waals surface area contributed by atoms with E-state index in [0.717, 1.165) is 29.0 Å². The van der Waals surface area contributed by atoms with Crippen LogP contribution in [0, 0.1) is 20.8 Å². The van der Waals surface area contributed by atoms with Crippen molar-refractivity contribution in [3.05, 3.63) is 51.0 Å². The van der Waals surface area contributed by atoms with Gasteiger partial charge in [-0.25, -0.2) is 4.98 Å². The maximum absolute atomic E-state index is 4.59. The molecule has 0 aliphatic carbocycles. The maximum Gasteiger partial charge on any atom is 0.108 e. The highest BCUT2D eigenvalue weighted by Crippen LogP contribution is 2.20. The van der Waals surface area contributed by atoms with Crippen LogP contribution in [-0.2, 0) is 19.9 Å². The zero-order valence-corrected chi connectivity index (χ0v) is 13.0. The topological polar surface area (TPSA) is 17.8 Å². The molecule has 0 saturated carbocycles. The van der Waals surface area contributed by atoms with Gasteiger partial charge in [0.1, 0.15) is 10.4 Å². The number of nitrogens with zero attached hydrogens (tertiary/aromatic N) is 2. The van der Waals surface area contributed by atoms with E-state index >= 15 is 0 Å². The second-order valence-electron chi connectivity index (χ2n) is 4.89. The molecule has 0 saturated heterocycles. The van der Waals surface area contributed by atoms with E-state index in [1.807, 2.05) is 14.0 Å². The quantitative estimate of drug-likeness (QED) is 0.841. The summed E-state index contributed by atoms with van der Waals surface area (Å²) in [4.78, 5) is 4.59. The van der Waals surface area contributed by atoms with Crippen molar-refractivity contribution in [2.24, 2.45) is 7.05 Å². The monoisotopic (exact) mass is 306 g/mol. The van der Waals surface area contributed by atoms with Crippen molar-refractivity contribution in [3.8, 4) is 0 Å². The van der Waals surface area contributed by atoms with Crippen LogP contribution in [0.2, 0.25) is 0 Å². The van der Waals surface area contributed by atoms with E-state index in [9.17, 15) is 0 Å². The number of rotatable bonds is 3. The second-order valence-corrected chi connectivity index (χ2v) is 5.64. The van der Waals surface area contributed by atoms with Crippen molar-refractivity contribution >= 4 is 15.9 Å². The lowest BCUT2D eigenvalue weighted by Crippen LogP contribution is -1.96. The van der Waals surface area contributed by atoms with Crippen molar-refractivity contribution in [2.45, 2.75) is 33.6 Å². The summed E-state index contributed by atoms with van der Waals surface area (Å²) in [5.74, 6) is 1.05. The summed E-state index contributed by atoms with van der Waals surface area (Å²) >= 11 is 3.61. The summed E-state index contributed by atoms with van der Waals surface area (Å²) in [6.45, 7) is 6.35. The van der Waals surface area contributed by atoms with Crippen LogP contribution in [0.1, 0.15) is 28.2 Å². The standard InChI is InChI=1S/C15H19BrN2/c1-10-5-6-11(2)13(9-10)7-8-14-15(16)18(4)12(3)17-14/h5-6,9H,7-8H2,1-4H3. The Balaban J connectivity index is 2.16. The van der Waals surface area contributed by atoms with Crippen LogP contribution in [0.3, 0.4) is 0 Å². The number of benzene rings is 1. The predicted molar refractivity (Wildman–Crippen MR) is 79.0 cm³/mol. The fourth-order valence-electron chi connectivity index (χ4n) is 2.13. The third-order valence-electron chi connectivity index (χ3n) is 3.45. The molecule has 18 heavy (non-hydrogen) atoms. The molecule has 2 aromatic rings. The van der Waals surface area contributed by atoms with Gasteiger partial charge in [-0.1, -0.05) is 23.8 Å². The first kappa shape index (κ1) is 13.3. The Morgan fingerprint density at radius 1 is 1.17 bits per heavy atom. The normalized spacial score (nSPS) is 10.9. The van der Waals surface area contributed by atoms with Crippen molar-refractivity contribution < 1.29 is 0 Å². The minimum atomic E-state index is 0.979. The van der Waals surface area contributed by atoms with Gasteiger partial charge in [0.2, 0.25) is 0 Å². The Hall–Kier alpha value is -1.09. The Morgan fingerprint density at radius 2 is 1.89 bits per heavy atom. The van der Waals surface area contributed by atoms with Crippen LogP contribution in [0.15, 0.2) is 22.8 Å². The number of hydrogen-bond donors (Lipinski definition) is 0. The average molecular weight is 307 g/mol. The van der Waals surface area contributed by atoms with E-state index in [1.54, 1.807) is 0 Å². The Morgan fingerprint density at radius 3 is 2.50 bits per heavy atom. The van der Waals surface area contributed by atoms with Gasteiger partial charge < -0.3 is 4.57 Å². The first-order chi connectivity index (χ1) is 8.49. The van der Waals surface area contributed by atoms with Crippen molar-refractivity contribution in [1.82, 2.24) is 9.55 Å². The fraction of sp³-hybridized carbons (Fsp3) is 0.400. The molecular weight excluding hydrogens is 288 g/mol. The van der Waals surface area contributed by atoms with Gasteiger partial charge in [0.05, 0.1) is 5.69 Å². The zero-order valence-electron chi connectivity index (χ0n) is 11.4. The van der Waals surface area contributed by atoms with Gasteiger partial charge in [0.25, 0.3) is 0 Å². The number of aryl methyl sites for hydroxylation is 5. The summed E-state index contributed by atoms with van der Waals surface area (Å²) < 4.78 is 3.18. The molecule has 0 N–H and O–H groups in total. The minimum absolute atomic E-state index is 0.979. The molecule has 3 heteroatoms. The number of aromatic nitrogens is 2. The van der Waals surface area contributed by atoms with E-state index in [2.05, 4.69) is 57.5 Å². The fourth-order valence-corrected chi connectivity index (χ4v) is 2.68. The van der Waals surface area contributed by atoms with Crippen LogP contribution in [0.5, 0.6) is 0 Å². The van der Waals surface area contributed by atoms with Gasteiger partial charge in [0.15, 0.2) is 0 Å². The predicted octanol–water partition coefficient (Wildman–Crippen LogP) is 3.89. The molecule has 0 atom stereocenters. The molecule has 0 fully saturated rings. The van der Waals surface area contributed by atoms with Gasteiger partial charge in [-0.3, -0.25) is 0 Å². The van der Waals surface area contributed by atoms with Crippen LogP contribution >= 0.6 is 15.9 Å². The lowest BCUT2D eigenvalue weighted by Gasteiger charge is -2.06. The van der Waals surface area contributed by atoms with Crippen molar-refractivity contribution in [1.29, 1.82) is 0 Å². The molecule has 96 valence electrons. The molecule has 0 unspecified atom stereocenters. The average Bonchev–Trinajstić information content (AvgIpc) is 2.58. The lowest BCUT2D eigenvalue weighted by molar-refractivity contribution is 0.838. The van der Waals surface area contributed by atoms with E-state index < -0.39 is 0 Å². The third kappa shape index (κ3) is 2.66. The molecule has 1 heterocycles. The van der Waals surface area contributed by atoms with E-state index in [1.165, 1.54) is 16.7 Å². The molecule has 0 aliphatic heterocycles. The summed E-state index contributed by atoms with van der Waals surface area (Å²) in [5.41, 5.74) is 5.26. The van der Waals surface area contributed by atoms with Crippen molar-refractivity contribution in [3.63, 3.8) is 0 Å². The van der Waals surface area contributed by atoms with Gasteiger partial charge in [-0.15, -0.1) is 0 Å². The van der Waals surface area contributed by atoms with Crippen LogP contribution < -0.4 is 0 Å². The molecule has 1 aromatic heterocycles. The summed E-state index contributed by atoms with van der Waals surface area (Å²) in [6.07, 6.45) is 2.02. The van der Waals surface area contributed by atoms with Gasteiger partial charge in [-0.05, 0) is 60.7 Å². The smallest absolute Gasteiger partial charge is 0.108 e. The second kappa shape index (κ2) is 5.27. The number of halogens is 1. The first-order valence-corrected chi connectivity index (χ1v) is 7.02. The molecule has 2 nitrogen and oxygen atoms in total. The molecule has 0 radical (unpaired) electrons. The number of hydrogen-bond acceptors (Lipinski definition) is 1. The molecule has 0 aliphatic rings. The summed E-state index contributed by atoms with van der Waals surface area (Å²) in [7, 11) is 2.04. The zero-order chi connectivity index (χ0) is 13.3. The molecule has 0 spiro atoms. The van der Waals surface area contributed by atoms with E-state index in [4.69, 9.17) is 0 Å². The van der Waals surface area contributed by atoms with Gasteiger partial charge in [-0.2, -0.15) is 0 Å². The molecule has 2 rings (SSSR count). The lowest BCUT2D eigenvalue weighted by atomic mass is 10.0. The molecule has 1 aromatic carbocycles. The van der Waals surface area contributed by atoms with E-state index in [0.29, 0.717) is 0 Å². The Kier molecular flexibility index (Phi) is 3.91. The molecular formula is C15H19BrN2. The van der Waals surface area contributed by atoms with E-state index in [-0.39, 0.29) is 0 Å². The van der Waals surface area contributed by atoms with Crippen molar-refractivity contribution in [2.75, 3.05) is 0 Å². The molecule has 0 amide bonds. The third-order valence-corrected chi connectivity index (χ3v) is 4.44. The largest absolute Gasteiger partial charge is 0.326 e. The summed E-state index contributed by atoms with van der Waals surface area (Å²) in [5, 5.41) is 0. The molecule has 0 bridgehead atoms. The van der Waals surface area contributed by atoms with Crippen LogP contribution in [-0.4, -0.2) is 9.55 Å². The first-order valence-electron chi connectivity index (χ1n) is 6.23. The highest BCUT2D eigenvalue weighted by atomic mass is 79.9. The highest BCUT2D eigenvalue weighted by Gasteiger charge is 2.10. The Bertz CT molecular complexity index is 570. The van der Waals surface area contributed by atoms with Crippen LogP contribution in [0.4, 0.5) is 0 Å². The van der Waals surface area contributed by atoms with Gasteiger partial charge in [0, 0.05) is 7.05 Å². The SMILES string of the molecule is Cc1ccc(C)c(CCc2nc(C)n(C)c2Br)c1. The summed E-state index contributed by atoms with van der Waals surface area (Å²) in [6, 6.07) is 6.64. The minimum Gasteiger partial charge on any atom is -0.326 e.